The minimum absolute atomic E-state index is 0.0488. The van der Waals surface area contributed by atoms with Crippen LogP contribution in [0.15, 0.2) is 29.2 Å². The molecule has 22 heavy (non-hydrogen) atoms. The van der Waals surface area contributed by atoms with Gasteiger partial charge in [-0.15, -0.1) is 0 Å². The Hall–Kier alpha value is -1.86. The van der Waals surface area contributed by atoms with Crippen molar-refractivity contribution in [2.45, 2.75) is 32.1 Å². The van der Waals surface area contributed by atoms with Crippen molar-refractivity contribution in [1.82, 2.24) is 14.7 Å². The summed E-state index contributed by atoms with van der Waals surface area (Å²) >= 11 is 0. The standard InChI is InChI=1S/C15H18FN3O2S/c1-10-8-13(4-5-14(10)16)22(20,21)17-7-6-15-18-11(2)9-12(3)19-15/h4-5,8-9,17H,6-7H2,1-3H3. The van der Waals surface area contributed by atoms with Gasteiger partial charge in [0.25, 0.3) is 0 Å². The average molecular weight is 323 g/mol. The summed E-state index contributed by atoms with van der Waals surface area (Å²) in [5.41, 5.74) is 1.99. The van der Waals surface area contributed by atoms with E-state index >= 15 is 0 Å². The number of aryl methyl sites for hydroxylation is 3. The third kappa shape index (κ3) is 4.08. The monoisotopic (exact) mass is 323 g/mol. The molecule has 0 saturated carbocycles. The molecular formula is C15H18FN3O2S. The smallest absolute Gasteiger partial charge is 0.238 e. The number of nitrogens with zero attached hydrogens (tertiary/aromatic N) is 2. The number of aromatic nitrogens is 2. The van der Waals surface area contributed by atoms with E-state index in [0.29, 0.717) is 17.8 Å². The van der Waals surface area contributed by atoms with Gasteiger partial charge in [-0.3, -0.25) is 0 Å². The van der Waals surface area contributed by atoms with Crippen LogP contribution in [0.5, 0.6) is 0 Å². The molecule has 118 valence electrons. The highest BCUT2D eigenvalue weighted by molar-refractivity contribution is 7.89. The van der Waals surface area contributed by atoms with Crippen molar-refractivity contribution < 1.29 is 12.8 Å². The van der Waals surface area contributed by atoms with Gasteiger partial charge in [-0.25, -0.2) is 27.5 Å². The second kappa shape index (κ2) is 6.50. The van der Waals surface area contributed by atoms with Gasteiger partial charge in [0.2, 0.25) is 10.0 Å². The summed E-state index contributed by atoms with van der Waals surface area (Å²) in [7, 11) is -3.66. The molecule has 0 spiro atoms. The number of rotatable bonds is 5. The quantitative estimate of drug-likeness (QED) is 0.914. The van der Waals surface area contributed by atoms with Gasteiger partial charge < -0.3 is 0 Å². The van der Waals surface area contributed by atoms with Gasteiger partial charge in [0.15, 0.2) is 0 Å². The maximum absolute atomic E-state index is 13.2. The summed E-state index contributed by atoms with van der Waals surface area (Å²) in [4.78, 5) is 8.56. The van der Waals surface area contributed by atoms with Crippen LogP contribution < -0.4 is 4.72 Å². The zero-order valence-electron chi connectivity index (χ0n) is 12.7. The largest absolute Gasteiger partial charge is 0.240 e. The number of benzene rings is 1. The highest BCUT2D eigenvalue weighted by atomic mass is 32.2. The maximum Gasteiger partial charge on any atom is 0.240 e. The molecule has 1 aromatic carbocycles. The van der Waals surface area contributed by atoms with Crippen LogP contribution in [0.1, 0.15) is 22.8 Å². The van der Waals surface area contributed by atoms with Crippen LogP contribution in [-0.2, 0) is 16.4 Å². The van der Waals surface area contributed by atoms with Crippen molar-refractivity contribution in [2.24, 2.45) is 0 Å². The van der Waals surface area contributed by atoms with E-state index in [-0.39, 0.29) is 11.4 Å². The minimum atomic E-state index is -3.66. The average Bonchev–Trinajstić information content (AvgIpc) is 2.40. The molecular weight excluding hydrogens is 305 g/mol. The molecule has 1 N–H and O–H groups in total. The van der Waals surface area contributed by atoms with Crippen LogP contribution in [0.3, 0.4) is 0 Å². The van der Waals surface area contributed by atoms with Crippen molar-refractivity contribution in [1.29, 1.82) is 0 Å². The SMILES string of the molecule is Cc1cc(C)nc(CCNS(=O)(=O)c2ccc(F)c(C)c2)n1. The summed E-state index contributed by atoms with van der Waals surface area (Å²) in [6.45, 7) is 5.44. The fraction of sp³-hybridized carbons (Fsp3) is 0.333. The van der Waals surface area contributed by atoms with Crippen molar-refractivity contribution in [2.75, 3.05) is 6.54 Å². The second-order valence-electron chi connectivity index (χ2n) is 5.13. The van der Waals surface area contributed by atoms with E-state index in [0.717, 1.165) is 17.5 Å². The third-order valence-corrected chi connectivity index (χ3v) is 4.57. The van der Waals surface area contributed by atoms with E-state index in [1.165, 1.54) is 19.1 Å². The maximum atomic E-state index is 13.2. The predicted molar refractivity (Wildman–Crippen MR) is 81.5 cm³/mol. The molecule has 1 heterocycles. The second-order valence-corrected chi connectivity index (χ2v) is 6.89. The lowest BCUT2D eigenvalue weighted by Crippen LogP contribution is -2.26. The van der Waals surface area contributed by atoms with Crippen LogP contribution in [-0.4, -0.2) is 24.9 Å². The van der Waals surface area contributed by atoms with Crippen molar-refractivity contribution in [3.8, 4) is 0 Å². The summed E-state index contributed by atoms with van der Waals surface area (Å²) in [6.07, 6.45) is 0.391. The molecule has 7 heteroatoms. The number of hydrogen-bond donors (Lipinski definition) is 1. The number of halogens is 1. The lowest BCUT2D eigenvalue weighted by Gasteiger charge is -2.08. The third-order valence-electron chi connectivity index (χ3n) is 3.11. The van der Waals surface area contributed by atoms with E-state index in [1.54, 1.807) is 0 Å². The Labute approximate surface area is 129 Å². The molecule has 0 unspecified atom stereocenters. The molecule has 5 nitrogen and oxygen atoms in total. The molecule has 0 bridgehead atoms. The summed E-state index contributed by atoms with van der Waals surface area (Å²) in [6, 6.07) is 5.56. The van der Waals surface area contributed by atoms with Gasteiger partial charge in [-0.1, -0.05) is 0 Å². The lowest BCUT2D eigenvalue weighted by molar-refractivity contribution is 0.579. The van der Waals surface area contributed by atoms with E-state index in [2.05, 4.69) is 14.7 Å². The molecule has 0 aliphatic heterocycles. The molecule has 0 radical (unpaired) electrons. The minimum Gasteiger partial charge on any atom is -0.238 e. The van der Waals surface area contributed by atoms with Crippen molar-refractivity contribution in [3.63, 3.8) is 0 Å². The first-order valence-corrected chi connectivity index (χ1v) is 8.33. The van der Waals surface area contributed by atoms with Crippen molar-refractivity contribution in [3.05, 3.63) is 52.9 Å². The summed E-state index contributed by atoms with van der Waals surface area (Å²) < 4.78 is 40.0. The molecule has 2 rings (SSSR count). The highest BCUT2D eigenvalue weighted by Crippen LogP contribution is 2.14. The Morgan fingerprint density at radius 1 is 1.09 bits per heavy atom. The lowest BCUT2D eigenvalue weighted by atomic mass is 10.2. The number of hydrogen-bond acceptors (Lipinski definition) is 4. The fourth-order valence-electron chi connectivity index (χ4n) is 2.08. The van der Waals surface area contributed by atoms with Gasteiger partial charge >= 0.3 is 0 Å². The molecule has 2 aromatic rings. The van der Waals surface area contributed by atoms with Crippen LogP contribution in [0.25, 0.3) is 0 Å². The molecule has 0 amide bonds. The molecule has 0 aliphatic carbocycles. The normalized spacial score (nSPS) is 11.6. The first-order chi connectivity index (χ1) is 10.3. The molecule has 0 atom stereocenters. The summed E-state index contributed by atoms with van der Waals surface area (Å²) in [5.74, 6) is 0.165. The van der Waals surface area contributed by atoms with Crippen LogP contribution in [0, 0.1) is 26.6 Å². The van der Waals surface area contributed by atoms with Gasteiger partial charge in [0.05, 0.1) is 4.90 Å². The first-order valence-electron chi connectivity index (χ1n) is 6.85. The number of sulfonamides is 1. The first kappa shape index (κ1) is 16.5. The number of nitrogens with one attached hydrogen (secondary N) is 1. The Morgan fingerprint density at radius 2 is 1.73 bits per heavy atom. The highest BCUT2D eigenvalue weighted by Gasteiger charge is 2.15. The fourth-order valence-corrected chi connectivity index (χ4v) is 3.19. The molecule has 0 saturated heterocycles. The Balaban J connectivity index is 2.05. The molecule has 0 fully saturated rings. The van der Waals surface area contributed by atoms with Gasteiger partial charge in [-0.05, 0) is 50.6 Å². The summed E-state index contributed by atoms with van der Waals surface area (Å²) in [5, 5.41) is 0. The zero-order chi connectivity index (χ0) is 16.3. The van der Waals surface area contributed by atoms with Crippen molar-refractivity contribution >= 4 is 10.0 Å². The van der Waals surface area contributed by atoms with E-state index in [9.17, 15) is 12.8 Å². The molecule has 1 aromatic heterocycles. The predicted octanol–water partition coefficient (Wildman–Crippen LogP) is 2.06. The van der Waals surface area contributed by atoms with Crippen LogP contribution >= 0.6 is 0 Å². The van der Waals surface area contributed by atoms with Gasteiger partial charge in [0.1, 0.15) is 11.6 Å². The van der Waals surface area contributed by atoms with E-state index in [4.69, 9.17) is 0 Å². The van der Waals surface area contributed by atoms with Crippen LogP contribution in [0.2, 0.25) is 0 Å². The van der Waals surface area contributed by atoms with E-state index in [1.807, 2.05) is 19.9 Å². The van der Waals surface area contributed by atoms with Gasteiger partial charge in [0, 0.05) is 24.4 Å². The Kier molecular flexibility index (Phi) is 4.87. The Bertz CT molecular complexity index is 771. The zero-order valence-corrected chi connectivity index (χ0v) is 13.5. The Morgan fingerprint density at radius 3 is 2.32 bits per heavy atom. The molecule has 0 aliphatic rings. The van der Waals surface area contributed by atoms with Crippen LogP contribution in [0.4, 0.5) is 4.39 Å². The van der Waals surface area contributed by atoms with E-state index < -0.39 is 15.8 Å². The topological polar surface area (TPSA) is 72.0 Å². The van der Waals surface area contributed by atoms with Gasteiger partial charge in [-0.2, -0.15) is 0 Å².